The van der Waals surface area contributed by atoms with E-state index in [9.17, 15) is 0 Å². The predicted molar refractivity (Wildman–Crippen MR) is 70.9 cm³/mol. The first kappa shape index (κ1) is 12.6. The van der Waals surface area contributed by atoms with Crippen LogP contribution in [0.3, 0.4) is 0 Å². The lowest BCUT2D eigenvalue weighted by atomic mass is 9.88. The van der Waals surface area contributed by atoms with E-state index in [1.165, 1.54) is 31.6 Å². The number of hydrogen-bond acceptors (Lipinski definition) is 2. The smallest absolute Gasteiger partial charge is 0.120 e. The highest BCUT2D eigenvalue weighted by Gasteiger charge is 2.22. The van der Waals surface area contributed by atoms with Crippen molar-refractivity contribution in [2.75, 3.05) is 13.1 Å². The van der Waals surface area contributed by atoms with Gasteiger partial charge in [0.1, 0.15) is 5.82 Å². The lowest BCUT2D eigenvalue weighted by molar-refractivity contribution is 0.137. The topological polar surface area (TPSA) is 31.9 Å². The van der Waals surface area contributed by atoms with Crippen LogP contribution in [0.25, 0.3) is 0 Å². The fraction of sp³-hybridized carbons (Fsp3) is 0.786. The third-order valence-electron chi connectivity index (χ3n) is 4.04. The number of aryl methyl sites for hydroxylation is 2. The molecule has 1 fully saturated rings. The Morgan fingerprint density at radius 1 is 1.41 bits per heavy atom. The van der Waals surface area contributed by atoms with E-state index in [2.05, 4.69) is 42.6 Å². The number of aromatic amines is 1. The van der Waals surface area contributed by atoms with Gasteiger partial charge in [0, 0.05) is 12.2 Å². The molecule has 3 nitrogen and oxygen atoms in total. The van der Waals surface area contributed by atoms with E-state index in [1.807, 2.05) is 0 Å². The number of piperidine rings is 1. The van der Waals surface area contributed by atoms with Gasteiger partial charge in [0.15, 0.2) is 0 Å². The van der Waals surface area contributed by atoms with Gasteiger partial charge in [-0.1, -0.05) is 13.8 Å². The second kappa shape index (κ2) is 5.21. The lowest BCUT2D eigenvalue weighted by Crippen LogP contribution is -2.37. The summed E-state index contributed by atoms with van der Waals surface area (Å²) >= 11 is 0. The molecule has 1 aliphatic heterocycles. The van der Waals surface area contributed by atoms with Gasteiger partial charge in [-0.05, 0) is 45.1 Å². The summed E-state index contributed by atoms with van der Waals surface area (Å²) in [5.41, 5.74) is 2.34. The van der Waals surface area contributed by atoms with E-state index in [-0.39, 0.29) is 0 Å². The largest absolute Gasteiger partial charge is 0.345 e. The summed E-state index contributed by atoms with van der Waals surface area (Å²) in [6.07, 6.45) is 2.73. The maximum Gasteiger partial charge on any atom is 0.120 e. The molecule has 0 aliphatic carbocycles. The predicted octanol–water partition coefficient (Wildman–Crippen LogP) is 2.89. The van der Waals surface area contributed by atoms with E-state index in [1.54, 1.807) is 0 Å². The summed E-state index contributed by atoms with van der Waals surface area (Å²) in [5, 5.41) is 0. The number of hydrogen-bond donors (Lipinski definition) is 1. The molecule has 17 heavy (non-hydrogen) atoms. The molecule has 2 rings (SSSR count). The first-order valence-electron chi connectivity index (χ1n) is 6.80. The summed E-state index contributed by atoms with van der Waals surface area (Å²) in [4.78, 5) is 10.5. The van der Waals surface area contributed by atoms with Crippen molar-refractivity contribution < 1.29 is 0 Å². The summed E-state index contributed by atoms with van der Waals surface area (Å²) in [7, 11) is 0. The zero-order chi connectivity index (χ0) is 12.4. The summed E-state index contributed by atoms with van der Waals surface area (Å²) < 4.78 is 0. The Morgan fingerprint density at radius 2 is 2.18 bits per heavy atom. The first-order chi connectivity index (χ1) is 8.06. The molecule has 3 heteroatoms. The van der Waals surface area contributed by atoms with E-state index in [4.69, 9.17) is 0 Å². The Hall–Kier alpha value is -0.830. The molecule has 1 atom stereocenters. The maximum absolute atomic E-state index is 4.58. The second-order valence-electron chi connectivity index (χ2n) is 5.78. The van der Waals surface area contributed by atoms with Crippen molar-refractivity contribution >= 4 is 0 Å². The molecule has 0 radical (unpaired) electrons. The standard InChI is InChI=1S/C14H25N3/c1-10(2)13-6-5-7-17(8-13)9-14-15-11(3)12(4)16-14/h10,13H,5-9H2,1-4H3,(H,15,16)/t13-/m1/s1. The van der Waals surface area contributed by atoms with Gasteiger partial charge in [-0.3, -0.25) is 4.90 Å². The third-order valence-corrected chi connectivity index (χ3v) is 4.04. The number of rotatable bonds is 3. The Kier molecular flexibility index (Phi) is 3.87. The fourth-order valence-electron chi connectivity index (χ4n) is 2.69. The van der Waals surface area contributed by atoms with Crippen LogP contribution in [0.5, 0.6) is 0 Å². The zero-order valence-corrected chi connectivity index (χ0v) is 11.6. The number of likely N-dealkylation sites (tertiary alicyclic amines) is 1. The summed E-state index contributed by atoms with van der Waals surface area (Å²) in [6.45, 7) is 12.3. The van der Waals surface area contributed by atoms with Crippen molar-refractivity contribution in [3.63, 3.8) is 0 Å². The Morgan fingerprint density at radius 3 is 2.76 bits per heavy atom. The van der Waals surface area contributed by atoms with Crippen LogP contribution in [0.2, 0.25) is 0 Å². The van der Waals surface area contributed by atoms with E-state index >= 15 is 0 Å². The minimum Gasteiger partial charge on any atom is -0.345 e. The zero-order valence-electron chi connectivity index (χ0n) is 11.6. The molecule has 0 saturated carbocycles. The number of nitrogens with zero attached hydrogens (tertiary/aromatic N) is 2. The van der Waals surface area contributed by atoms with Crippen LogP contribution >= 0.6 is 0 Å². The van der Waals surface area contributed by atoms with Crippen LogP contribution in [-0.2, 0) is 6.54 Å². The number of aromatic nitrogens is 2. The van der Waals surface area contributed by atoms with Crippen molar-refractivity contribution in [3.8, 4) is 0 Å². The molecular formula is C14H25N3. The van der Waals surface area contributed by atoms with Gasteiger partial charge in [0.05, 0.1) is 12.2 Å². The SMILES string of the molecule is Cc1nc(CN2CCC[C@@H](C(C)C)C2)[nH]c1C. The van der Waals surface area contributed by atoms with Gasteiger partial charge >= 0.3 is 0 Å². The normalized spacial score (nSPS) is 22.3. The van der Waals surface area contributed by atoms with Crippen LogP contribution in [-0.4, -0.2) is 28.0 Å². The van der Waals surface area contributed by atoms with Gasteiger partial charge in [-0.2, -0.15) is 0 Å². The van der Waals surface area contributed by atoms with Crippen LogP contribution in [0.4, 0.5) is 0 Å². The molecule has 1 N–H and O–H groups in total. The van der Waals surface area contributed by atoms with Crippen molar-refractivity contribution in [2.45, 2.75) is 47.1 Å². The molecule has 0 bridgehead atoms. The van der Waals surface area contributed by atoms with Gasteiger partial charge in [0.2, 0.25) is 0 Å². The Bertz CT molecular complexity index is 348. The molecular weight excluding hydrogens is 210 g/mol. The fourth-order valence-corrected chi connectivity index (χ4v) is 2.69. The lowest BCUT2D eigenvalue weighted by Gasteiger charge is -2.34. The summed E-state index contributed by atoms with van der Waals surface area (Å²) in [6, 6.07) is 0. The third kappa shape index (κ3) is 3.09. The highest BCUT2D eigenvalue weighted by atomic mass is 15.2. The van der Waals surface area contributed by atoms with E-state index in [0.717, 1.165) is 29.9 Å². The molecule has 1 aliphatic rings. The van der Waals surface area contributed by atoms with Crippen molar-refractivity contribution in [2.24, 2.45) is 11.8 Å². The number of nitrogens with one attached hydrogen (secondary N) is 1. The van der Waals surface area contributed by atoms with Crippen LogP contribution in [0, 0.1) is 25.7 Å². The average molecular weight is 235 g/mol. The molecule has 0 unspecified atom stereocenters. The monoisotopic (exact) mass is 235 g/mol. The quantitative estimate of drug-likeness (QED) is 0.873. The van der Waals surface area contributed by atoms with Crippen LogP contribution in [0.15, 0.2) is 0 Å². The van der Waals surface area contributed by atoms with Crippen LogP contribution in [0.1, 0.15) is 43.9 Å². The molecule has 1 aromatic heterocycles. The molecule has 2 heterocycles. The second-order valence-corrected chi connectivity index (χ2v) is 5.78. The highest BCUT2D eigenvalue weighted by Crippen LogP contribution is 2.24. The summed E-state index contributed by atoms with van der Waals surface area (Å²) in [5.74, 6) is 2.79. The molecule has 1 aromatic rings. The molecule has 96 valence electrons. The number of imidazole rings is 1. The Labute approximate surface area is 105 Å². The Balaban J connectivity index is 1.94. The van der Waals surface area contributed by atoms with Crippen molar-refractivity contribution in [3.05, 3.63) is 17.2 Å². The van der Waals surface area contributed by atoms with Gasteiger partial charge in [-0.25, -0.2) is 4.98 Å². The van der Waals surface area contributed by atoms with Gasteiger partial charge in [-0.15, -0.1) is 0 Å². The molecule has 0 amide bonds. The molecule has 0 aromatic carbocycles. The van der Waals surface area contributed by atoms with Gasteiger partial charge < -0.3 is 4.98 Å². The van der Waals surface area contributed by atoms with Gasteiger partial charge in [0.25, 0.3) is 0 Å². The van der Waals surface area contributed by atoms with E-state index < -0.39 is 0 Å². The minimum atomic E-state index is 0.804. The molecule has 0 spiro atoms. The maximum atomic E-state index is 4.58. The minimum absolute atomic E-state index is 0.804. The van der Waals surface area contributed by atoms with Crippen molar-refractivity contribution in [1.29, 1.82) is 0 Å². The highest BCUT2D eigenvalue weighted by molar-refractivity contribution is 5.10. The van der Waals surface area contributed by atoms with E-state index in [0.29, 0.717) is 0 Å². The molecule has 1 saturated heterocycles. The van der Waals surface area contributed by atoms with Crippen molar-refractivity contribution in [1.82, 2.24) is 14.9 Å². The first-order valence-corrected chi connectivity index (χ1v) is 6.80. The average Bonchev–Trinajstić information content (AvgIpc) is 2.58. The number of H-pyrrole nitrogens is 1. The van der Waals surface area contributed by atoms with Crippen LogP contribution < -0.4 is 0 Å².